The van der Waals surface area contributed by atoms with E-state index in [-0.39, 0.29) is 29.7 Å². The topological polar surface area (TPSA) is 49.4 Å². The molecule has 0 radical (unpaired) electrons. The predicted molar refractivity (Wildman–Crippen MR) is 114 cm³/mol. The van der Waals surface area contributed by atoms with Crippen molar-refractivity contribution in [3.8, 4) is 0 Å². The van der Waals surface area contributed by atoms with Gasteiger partial charge in [-0.1, -0.05) is 20.4 Å². The van der Waals surface area contributed by atoms with Crippen LogP contribution in [0, 0.1) is 23.2 Å². The van der Waals surface area contributed by atoms with Crippen LogP contribution in [-0.4, -0.2) is 35.7 Å². The zero-order valence-electron chi connectivity index (χ0n) is 18.3. The van der Waals surface area contributed by atoms with Crippen LogP contribution in [0.4, 0.5) is 0 Å². The smallest absolute Gasteiger partial charge is 0.223 e. The van der Waals surface area contributed by atoms with Gasteiger partial charge in [-0.15, -0.1) is 0 Å². The molecule has 1 N–H and O–H groups in total. The van der Waals surface area contributed by atoms with E-state index in [0.29, 0.717) is 11.2 Å². The van der Waals surface area contributed by atoms with E-state index in [0.717, 1.165) is 51.6 Å². The monoisotopic (exact) mass is 388 g/mol. The number of amides is 1. The lowest BCUT2D eigenvalue weighted by Crippen LogP contribution is -2.45. The van der Waals surface area contributed by atoms with Crippen molar-refractivity contribution in [3.63, 3.8) is 0 Å². The Kier molecular flexibility index (Phi) is 6.88. The van der Waals surface area contributed by atoms with Crippen molar-refractivity contribution < 1.29 is 9.59 Å². The van der Waals surface area contributed by atoms with Crippen LogP contribution in [0.3, 0.4) is 0 Å². The summed E-state index contributed by atoms with van der Waals surface area (Å²) in [7, 11) is 0. The molecular weight excluding hydrogens is 348 g/mol. The van der Waals surface area contributed by atoms with Gasteiger partial charge in [-0.05, 0) is 76.5 Å². The minimum absolute atomic E-state index is 0.132. The molecule has 4 nitrogen and oxygen atoms in total. The molecule has 158 valence electrons. The number of rotatable bonds is 5. The molecule has 0 atom stereocenters. The third kappa shape index (κ3) is 4.99. The van der Waals surface area contributed by atoms with Gasteiger partial charge in [0.1, 0.15) is 5.78 Å². The van der Waals surface area contributed by atoms with Gasteiger partial charge in [0, 0.05) is 42.6 Å². The molecule has 1 saturated heterocycles. The van der Waals surface area contributed by atoms with Crippen molar-refractivity contribution in [1.29, 1.82) is 0 Å². The lowest BCUT2D eigenvalue weighted by atomic mass is 9.65. The lowest BCUT2D eigenvalue weighted by molar-refractivity contribution is -0.128. The first-order chi connectivity index (χ1) is 13.3. The minimum Gasteiger partial charge on any atom is -0.375 e. The summed E-state index contributed by atoms with van der Waals surface area (Å²) in [5.41, 5.74) is 1.66. The highest BCUT2D eigenvalue weighted by Crippen LogP contribution is 2.46. The molecule has 0 aromatic heterocycles. The number of carbonyl (C=O) groups excluding carboxylic acids is 2. The summed E-state index contributed by atoms with van der Waals surface area (Å²) in [6.45, 7) is 12.4. The molecule has 0 aromatic carbocycles. The SMILES string of the molecule is C=C(C)N1CCC2(CCC(C(=O)NC3CCC(C(=O)C(C)C)CC3)CC2)CC1. The van der Waals surface area contributed by atoms with Crippen molar-refractivity contribution in [1.82, 2.24) is 10.2 Å². The fourth-order valence-electron chi connectivity index (χ4n) is 5.67. The van der Waals surface area contributed by atoms with E-state index in [9.17, 15) is 9.59 Å². The largest absolute Gasteiger partial charge is 0.375 e. The molecule has 1 amide bonds. The number of Topliss-reactive ketones (excluding diaryl/α,β-unsaturated/α-hetero) is 1. The Hall–Kier alpha value is -1.32. The number of allylic oxidation sites excluding steroid dienone is 1. The van der Waals surface area contributed by atoms with Crippen molar-refractivity contribution in [3.05, 3.63) is 12.3 Å². The van der Waals surface area contributed by atoms with Gasteiger partial charge in [-0.2, -0.15) is 0 Å². The zero-order chi connectivity index (χ0) is 20.3. The van der Waals surface area contributed by atoms with E-state index in [1.54, 1.807) is 0 Å². The predicted octanol–water partition coefficient (Wildman–Crippen LogP) is 4.69. The molecule has 1 aliphatic heterocycles. The van der Waals surface area contributed by atoms with Gasteiger partial charge in [-0.25, -0.2) is 0 Å². The zero-order valence-corrected chi connectivity index (χ0v) is 18.3. The van der Waals surface area contributed by atoms with Crippen molar-refractivity contribution in [2.24, 2.45) is 23.2 Å². The lowest BCUT2D eigenvalue weighted by Gasteiger charge is -2.46. The second-order valence-electron chi connectivity index (χ2n) is 10.1. The van der Waals surface area contributed by atoms with Crippen molar-refractivity contribution in [2.75, 3.05) is 13.1 Å². The fraction of sp³-hybridized carbons (Fsp3) is 0.833. The highest BCUT2D eigenvalue weighted by atomic mass is 16.2. The molecule has 1 heterocycles. The van der Waals surface area contributed by atoms with Gasteiger partial charge in [-0.3, -0.25) is 9.59 Å². The first-order valence-electron chi connectivity index (χ1n) is 11.5. The first-order valence-corrected chi connectivity index (χ1v) is 11.5. The Bertz CT molecular complexity index is 571. The van der Waals surface area contributed by atoms with E-state index in [2.05, 4.69) is 23.7 Å². The number of piperidine rings is 1. The van der Waals surface area contributed by atoms with Gasteiger partial charge in [0.05, 0.1) is 0 Å². The van der Waals surface area contributed by atoms with Gasteiger partial charge in [0.2, 0.25) is 5.91 Å². The van der Waals surface area contributed by atoms with E-state index in [1.165, 1.54) is 31.4 Å². The second kappa shape index (κ2) is 9.00. The van der Waals surface area contributed by atoms with Crippen LogP contribution >= 0.6 is 0 Å². The number of hydrogen-bond donors (Lipinski definition) is 1. The Morgan fingerprint density at radius 2 is 1.50 bits per heavy atom. The second-order valence-corrected chi connectivity index (χ2v) is 10.1. The molecule has 3 fully saturated rings. The maximum absolute atomic E-state index is 12.8. The Morgan fingerprint density at radius 3 is 2.00 bits per heavy atom. The van der Waals surface area contributed by atoms with E-state index < -0.39 is 0 Å². The summed E-state index contributed by atoms with van der Waals surface area (Å²) in [6.07, 6.45) is 10.8. The van der Waals surface area contributed by atoms with Crippen LogP contribution in [0.5, 0.6) is 0 Å². The van der Waals surface area contributed by atoms with Crippen LogP contribution in [-0.2, 0) is 9.59 Å². The van der Waals surface area contributed by atoms with Crippen LogP contribution in [0.2, 0.25) is 0 Å². The minimum atomic E-state index is 0.132. The molecule has 0 aromatic rings. The molecule has 3 aliphatic rings. The highest BCUT2D eigenvalue weighted by molar-refractivity contribution is 5.83. The van der Waals surface area contributed by atoms with Crippen LogP contribution in [0.1, 0.15) is 85.0 Å². The van der Waals surface area contributed by atoms with Crippen LogP contribution in [0.25, 0.3) is 0 Å². The quantitative estimate of drug-likeness (QED) is 0.743. The van der Waals surface area contributed by atoms with Crippen LogP contribution < -0.4 is 5.32 Å². The number of nitrogens with one attached hydrogen (secondary N) is 1. The van der Waals surface area contributed by atoms with Gasteiger partial charge >= 0.3 is 0 Å². The van der Waals surface area contributed by atoms with Gasteiger partial charge in [0.25, 0.3) is 0 Å². The molecule has 0 unspecified atom stereocenters. The molecular formula is C24H40N2O2. The van der Waals surface area contributed by atoms with Gasteiger partial charge in [0.15, 0.2) is 0 Å². The summed E-state index contributed by atoms with van der Waals surface area (Å²) in [6, 6.07) is 0.276. The summed E-state index contributed by atoms with van der Waals surface area (Å²) in [5, 5.41) is 3.32. The standard InChI is InChI=1S/C24H40N2O2/c1-17(2)22(27)19-5-7-21(8-6-19)25-23(28)20-9-11-24(12-10-20)13-15-26(16-14-24)18(3)4/h17,19-21H,3,5-16H2,1-2,4H3,(H,25,28). The molecule has 28 heavy (non-hydrogen) atoms. The van der Waals surface area contributed by atoms with E-state index in [1.807, 2.05) is 13.8 Å². The third-order valence-corrected chi connectivity index (χ3v) is 7.83. The van der Waals surface area contributed by atoms with Crippen molar-refractivity contribution >= 4 is 11.7 Å². The van der Waals surface area contributed by atoms with E-state index >= 15 is 0 Å². The molecule has 2 aliphatic carbocycles. The maximum Gasteiger partial charge on any atom is 0.223 e. The normalized spacial score (nSPS) is 28.4. The van der Waals surface area contributed by atoms with E-state index in [4.69, 9.17) is 0 Å². The third-order valence-electron chi connectivity index (χ3n) is 7.83. The summed E-state index contributed by atoms with van der Waals surface area (Å²) >= 11 is 0. The van der Waals surface area contributed by atoms with Crippen LogP contribution in [0.15, 0.2) is 12.3 Å². The molecule has 1 spiro atoms. The Balaban J connectivity index is 1.40. The molecule has 0 bridgehead atoms. The van der Waals surface area contributed by atoms with Crippen molar-refractivity contribution in [2.45, 2.75) is 91.0 Å². The number of nitrogens with zero attached hydrogens (tertiary/aromatic N) is 1. The fourth-order valence-corrected chi connectivity index (χ4v) is 5.67. The molecule has 4 heteroatoms. The highest BCUT2D eigenvalue weighted by Gasteiger charge is 2.40. The molecule has 3 rings (SSSR count). The number of likely N-dealkylation sites (tertiary alicyclic amines) is 1. The molecule has 2 saturated carbocycles. The Morgan fingerprint density at radius 1 is 0.929 bits per heavy atom. The van der Waals surface area contributed by atoms with Gasteiger partial charge < -0.3 is 10.2 Å². The summed E-state index contributed by atoms with van der Waals surface area (Å²) < 4.78 is 0. The summed E-state index contributed by atoms with van der Waals surface area (Å²) in [5.74, 6) is 1.22. The number of ketones is 1. The first kappa shape index (κ1) is 21.4. The average Bonchev–Trinajstić information content (AvgIpc) is 2.69. The summed E-state index contributed by atoms with van der Waals surface area (Å²) in [4.78, 5) is 27.4. The number of carbonyl (C=O) groups is 2. The number of hydrogen-bond acceptors (Lipinski definition) is 3. The Labute approximate surface area is 171 Å². The average molecular weight is 389 g/mol. The maximum atomic E-state index is 12.8.